The fourth-order valence-electron chi connectivity index (χ4n) is 10.2. The zero-order valence-corrected chi connectivity index (χ0v) is 41.5. The van der Waals surface area contributed by atoms with E-state index in [4.69, 9.17) is 19.2 Å². The molecule has 2 amide bonds. The molecule has 2 unspecified atom stereocenters. The number of phenolic OH excluding ortho intramolecular Hbond substituents is 2. The molecule has 3 aromatic rings. The van der Waals surface area contributed by atoms with Crippen molar-refractivity contribution in [2.75, 3.05) is 56.0 Å². The van der Waals surface area contributed by atoms with Gasteiger partial charge < -0.3 is 54.7 Å². The van der Waals surface area contributed by atoms with Crippen LogP contribution in [-0.2, 0) is 23.9 Å². The van der Waals surface area contributed by atoms with Gasteiger partial charge in [-0.05, 0) is 63.7 Å². The van der Waals surface area contributed by atoms with E-state index < -0.39 is 65.5 Å². The summed E-state index contributed by atoms with van der Waals surface area (Å²) in [6.45, 7) is 15.2. The van der Waals surface area contributed by atoms with Gasteiger partial charge >= 0.3 is 11.8 Å². The summed E-state index contributed by atoms with van der Waals surface area (Å²) in [5.74, 6) is -5.19. The van der Waals surface area contributed by atoms with Crippen molar-refractivity contribution < 1.29 is 53.8 Å². The molecular formula is C53H67N7O11. The van der Waals surface area contributed by atoms with Crippen LogP contribution in [0, 0.1) is 18.8 Å². The van der Waals surface area contributed by atoms with E-state index in [0.29, 0.717) is 50.5 Å². The zero-order valence-electron chi connectivity index (χ0n) is 41.5. The first kappa shape index (κ1) is 51.0. The maximum absolute atomic E-state index is 14.7. The molecule has 6 aliphatic rings. The number of Topliss-reactive ketones (excluding diaryl/α,β-unsaturated/α-hetero) is 1. The van der Waals surface area contributed by atoms with E-state index in [9.17, 15) is 39.6 Å². The summed E-state index contributed by atoms with van der Waals surface area (Å²) < 4.78 is 18.2. The second-order valence-electron chi connectivity index (χ2n) is 20.2. The minimum Gasteiger partial charge on any atom is -0.507 e. The molecule has 380 valence electrons. The molecule has 9 rings (SSSR count). The molecule has 0 radical (unpaired) electrons. The number of anilines is 2. The molecular weight excluding hydrogens is 911 g/mol. The third-order valence-corrected chi connectivity index (χ3v) is 14.2. The van der Waals surface area contributed by atoms with Crippen LogP contribution < -0.4 is 25.7 Å². The minimum absolute atomic E-state index is 0.0391. The maximum Gasteiger partial charge on any atom is 0.315 e. The molecule has 0 saturated carbocycles. The van der Waals surface area contributed by atoms with Gasteiger partial charge in [-0.15, -0.1) is 0 Å². The van der Waals surface area contributed by atoms with Gasteiger partial charge in [0.05, 0.1) is 35.1 Å². The third-order valence-electron chi connectivity index (χ3n) is 14.2. The molecule has 7 heterocycles. The molecule has 0 aliphatic carbocycles. The van der Waals surface area contributed by atoms with Crippen LogP contribution in [-0.4, -0.2) is 134 Å². The third kappa shape index (κ3) is 10.9. The number of aromatic nitrogens is 1. The van der Waals surface area contributed by atoms with Crippen LogP contribution in [0.5, 0.6) is 17.2 Å². The Hall–Kier alpha value is -6.37. The van der Waals surface area contributed by atoms with Crippen LogP contribution in [0.15, 0.2) is 70.7 Å². The number of carbonyl (C=O) groups is 4. The lowest BCUT2D eigenvalue weighted by molar-refractivity contribution is -0.154. The minimum atomic E-state index is -1.93. The molecule has 1 spiro atoms. The van der Waals surface area contributed by atoms with Gasteiger partial charge in [-0.3, -0.25) is 29.2 Å². The fraction of sp³-hybridized carbons (Fsp3) is 0.528. The number of hydrogen-bond donors (Lipinski definition) is 5. The van der Waals surface area contributed by atoms with Crippen molar-refractivity contribution in [1.29, 1.82) is 0 Å². The van der Waals surface area contributed by atoms with E-state index in [1.54, 1.807) is 56.3 Å². The van der Waals surface area contributed by atoms with Crippen LogP contribution >= 0.6 is 0 Å². The lowest BCUT2D eigenvalue weighted by Crippen LogP contribution is -2.47. The van der Waals surface area contributed by atoms with Crippen molar-refractivity contribution in [3.8, 4) is 17.2 Å². The van der Waals surface area contributed by atoms with Crippen LogP contribution in [0.2, 0.25) is 0 Å². The number of aliphatic hydroxyl groups excluding tert-OH is 2. The highest BCUT2D eigenvalue weighted by molar-refractivity contribution is 6.21. The number of hydrogen-bond acceptors (Lipinski definition) is 16. The first-order valence-corrected chi connectivity index (χ1v) is 24.8. The zero-order chi connectivity index (χ0) is 50.8. The van der Waals surface area contributed by atoms with Crippen LogP contribution in [0.1, 0.15) is 102 Å². The number of phenols is 2. The molecule has 71 heavy (non-hydrogen) atoms. The van der Waals surface area contributed by atoms with E-state index >= 15 is 0 Å². The van der Waals surface area contributed by atoms with Gasteiger partial charge in [-0.2, -0.15) is 0 Å². The summed E-state index contributed by atoms with van der Waals surface area (Å²) in [4.78, 5) is 75.3. The molecule has 18 nitrogen and oxygen atoms in total. The summed E-state index contributed by atoms with van der Waals surface area (Å²) >= 11 is 0. The smallest absolute Gasteiger partial charge is 0.315 e. The lowest BCUT2D eigenvalue weighted by Gasteiger charge is -2.38. The largest absolute Gasteiger partial charge is 0.507 e. The highest BCUT2D eigenvalue weighted by Gasteiger charge is 2.50. The molecule has 2 saturated heterocycles. The molecule has 1 aromatic heterocycles. The number of ether oxygens (including phenoxy) is 3. The molecule has 2 aromatic carbocycles. The van der Waals surface area contributed by atoms with Crippen molar-refractivity contribution in [2.24, 2.45) is 21.8 Å². The number of aromatic hydroxyl groups is 2. The number of rotatable bonds is 6. The van der Waals surface area contributed by atoms with E-state index in [1.807, 2.05) is 12.1 Å². The van der Waals surface area contributed by atoms with Gasteiger partial charge in [0.15, 0.2) is 5.75 Å². The first-order chi connectivity index (χ1) is 33.9. The number of piperidine rings is 1. The van der Waals surface area contributed by atoms with Crippen LogP contribution in [0.3, 0.4) is 0 Å². The Morgan fingerprint density at radius 2 is 1.72 bits per heavy atom. The molecule has 5 bridgehead atoms. The van der Waals surface area contributed by atoms with E-state index in [-0.39, 0.29) is 81.3 Å². The van der Waals surface area contributed by atoms with Gasteiger partial charge in [0.25, 0.3) is 11.7 Å². The van der Waals surface area contributed by atoms with Crippen molar-refractivity contribution in [3.05, 3.63) is 82.5 Å². The number of carbonyl (C=O) groups excluding carboxylic acids is 4. The molecule has 18 heteroatoms. The molecule has 2 fully saturated rings. The van der Waals surface area contributed by atoms with Gasteiger partial charge in [0, 0.05) is 113 Å². The number of aliphatic hydroxyl groups is 2. The van der Waals surface area contributed by atoms with E-state index in [2.05, 4.69) is 38.9 Å². The number of allylic oxidation sites excluding steroid dienone is 3. The summed E-state index contributed by atoms with van der Waals surface area (Å²) in [6, 6.07) is 3.84. The number of esters is 1. The Morgan fingerprint density at radius 3 is 2.45 bits per heavy atom. The fourth-order valence-corrected chi connectivity index (χ4v) is 10.2. The Bertz CT molecular complexity index is 2770. The van der Waals surface area contributed by atoms with Crippen molar-refractivity contribution in [2.45, 2.75) is 123 Å². The Labute approximate surface area is 413 Å². The second-order valence-corrected chi connectivity index (χ2v) is 20.2. The SMILES string of the molecule is C/C1=C/C=C/C(C)[C@H](O)CC(O)C[C@H](OC(=O)CC(=O)N2CCCN(c3ccncc3)CC2)CC/C=C/O[C@@]2(C)Oc3c(C)c(O)c4c(O)c(c5c(c4c3C2=O)NC2(CCN(CC(C)C)CC2)N=5)=NC1=O. The summed E-state index contributed by atoms with van der Waals surface area (Å²) in [6.07, 6.45) is 9.92. The number of fused-ring (bicyclic) bond motifs is 13. The quantitative estimate of drug-likeness (QED) is 0.126. The number of nitrogens with zero attached hydrogens (tertiary/aromatic N) is 6. The van der Waals surface area contributed by atoms with E-state index in [1.165, 1.54) is 19.3 Å². The average molecular weight is 978 g/mol. The maximum atomic E-state index is 14.7. The van der Waals surface area contributed by atoms with Gasteiger partial charge in [-0.1, -0.05) is 39.0 Å². The topological polar surface area (TPSA) is 236 Å². The second kappa shape index (κ2) is 21.2. The number of nitrogens with one attached hydrogen (secondary N) is 1. The monoisotopic (exact) mass is 977 g/mol. The molecule has 5 N–H and O–H groups in total. The van der Waals surface area contributed by atoms with Crippen LogP contribution in [0.4, 0.5) is 11.4 Å². The predicted octanol–water partition coefficient (Wildman–Crippen LogP) is 4.89. The van der Waals surface area contributed by atoms with Crippen LogP contribution in [0.25, 0.3) is 10.8 Å². The van der Waals surface area contributed by atoms with Crippen molar-refractivity contribution in [1.82, 2.24) is 14.8 Å². The number of amides is 2. The highest BCUT2D eigenvalue weighted by Crippen LogP contribution is 2.51. The molecule has 5 atom stereocenters. The van der Waals surface area contributed by atoms with Crippen molar-refractivity contribution >= 4 is 45.7 Å². The highest BCUT2D eigenvalue weighted by atomic mass is 16.7. The predicted molar refractivity (Wildman–Crippen MR) is 264 cm³/mol. The summed E-state index contributed by atoms with van der Waals surface area (Å²) in [7, 11) is 0. The van der Waals surface area contributed by atoms with Gasteiger partial charge in [0.2, 0.25) is 5.91 Å². The lowest BCUT2D eigenvalue weighted by atomic mass is 9.92. The Balaban J connectivity index is 1.08. The average Bonchev–Trinajstić information content (AvgIpc) is 3.69. The summed E-state index contributed by atoms with van der Waals surface area (Å²) in [5.41, 5.74) is 0.881. The first-order valence-electron chi connectivity index (χ1n) is 24.8. The standard InChI is InChI=1S/C53H67N7O11/c1-31(2)30-58-22-16-53(17-23-58)56-44-41-42-47(65)34(5)49-43(41)50(67)52(6,71-49)69-26-8-7-13-37(70-40(64)29-39(63)60-21-10-20-59(24-25-60)35-14-18-54-19-15-35)27-36(61)28-38(62)32(3)11-9-12-33(4)51(68)55-46(48(42)66)45(44)57-53/h8-9,11-12,14-15,18-19,26,31-32,36-38,56,61-62,65-66H,7,10,13,16-17,20-25,27-30H2,1-6H3/b11-9+,26-8+,33-12-,55-46?/t32?,36?,37-,38-,52+/m1/s1. The van der Waals surface area contributed by atoms with Crippen molar-refractivity contribution in [3.63, 3.8) is 0 Å². The van der Waals surface area contributed by atoms with Gasteiger partial charge in [-0.25, -0.2) is 4.99 Å². The summed E-state index contributed by atoms with van der Waals surface area (Å²) in [5, 5.41) is 50.1. The Kier molecular flexibility index (Phi) is 15.2. The number of pyridine rings is 1. The van der Waals surface area contributed by atoms with Gasteiger partial charge in [0.1, 0.15) is 40.4 Å². The molecule has 6 aliphatic heterocycles. The Morgan fingerprint density at radius 1 is 0.972 bits per heavy atom. The number of benzene rings is 2. The normalized spacial score (nSPS) is 26.9. The number of likely N-dealkylation sites (tertiary alicyclic amines) is 1. The van der Waals surface area contributed by atoms with E-state index in [0.717, 1.165) is 31.9 Å². The number of ketones is 1.